The molecule has 0 aliphatic rings. The maximum absolute atomic E-state index is 12.8. The molecule has 26 heavy (non-hydrogen) atoms. The molecule has 6 nitrogen and oxygen atoms in total. The SMILES string of the molecule is COc1ccc(OCC(=O)NCC(=O)NCCc2ccc(F)cc2)cc1. The molecule has 2 aromatic rings. The zero-order chi connectivity index (χ0) is 18.8. The van der Waals surface area contributed by atoms with Crippen LogP contribution in [0.25, 0.3) is 0 Å². The summed E-state index contributed by atoms with van der Waals surface area (Å²) in [6.45, 7) is 0.0894. The number of halogens is 1. The topological polar surface area (TPSA) is 76.7 Å². The van der Waals surface area contributed by atoms with E-state index in [0.29, 0.717) is 24.5 Å². The average molecular weight is 360 g/mol. The molecule has 2 N–H and O–H groups in total. The Morgan fingerprint density at radius 1 is 0.923 bits per heavy atom. The van der Waals surface area contributed by atoms with Crippen molar-refractivity contribution in [1.29, 1.82) is 0 Å². The fraction of sp³-hybridized carbons (Fsp3) is 0.263. The molecule has 0 atom stereocenters. The maximum Gasteiger partial charge on any atom is 0.258 e. The molecule has 0 aromatic heterocycles. The molecule has 7 heteroatoms. The van der Waals surface area contributed by atoms with Gasteiger partial charge in [0.05, 0.1) is 13.7 Å². The number of nitrogens with one attached hydrogen (secondary N) is 2. The summed E-state index contributed by atoms with van der Waals surface area (Å²) in [5, 5.41) is 5.17. The highest BCUT2D eigenvalue weighted by molar-refractivity contribution is 5.85. The summed E-state index contributed by atoms with van der Waals surface area (Å²) in [4.78, 5) is 23.4. The molecule has 0 spiro atoms. The number of rotatable bonds is 9. The monoisotopic (exact) mass is 360 g/mol. The van der Waals surface area contributed by atoms with Gasteiger partial charge in [0.1, 0.15) is 17.3 Å². The number of hydrogen-bond acceptors (Lipinski definition) is 4. The molecule has 0 bridgehead atoms. The van der Waals surface area contributed by atoms with Crippen molar-refractivity contribution in [3.63, 3.8) is 0 Å². The van der Waals surface area contributed by atoms with E-state index in [2.05, 4.69) is 10.6 Å². The molecule has 2 amide bonds. The smallest absolute Gasteiger partial charge is 0.258 e. The Morgan fingerprint density at radius 2 is 1.58 bits per heavy atom. The quantitative estimate of drug-likeness (QED) is 0.714. The van der Waals surface area contributed by atoms with Crippen LogP contribution in [0.1, 0.15) is 5.56 Å². The Morgan fingerprint density at radius 3 is 2.23 bits per heavy atom. The second-order valence-corrected chi connectivity index (χ2v) is 5.47. The standard InChI is InChI=1S/C19H21FN2O4/c1-25-16-6-8-17(9-7-16)26-13-19(24)22-12-18(23)21-11-10-14-2-4-15(20)5-3-14/h2-9H,10-13H2,1H3,(H,21,23)(H,22,24). The van der Waals surface area contributed by atoms with Gasteiger partial charge in [-0.1, -0.05) is 12.1 Å². The Bertz CT molecular complexity index is 717. The van der Waals surface area contributed by atoms with E-state index in [4.69, 9.17) is 9.47 Å². The number of ether oxygens (including phenoxy) is 2. The van der Waals surface area contributed by atoms with Gasteiger partial charge in [-0.25, -0.2) is 4.39 Å². The zero-order valence-electron chi connectivity index (χ0n) is 14.5. The Hall–Kier alpha value is -3.09. The van der Waals surface area contributed by atoms with Crippen LogP contribution in [0.2, 0.25) is 0 Å². The van der Waals surface area contributed by atoms with Gasteiger partial charge in [0.25, 0.3) is 5.91 Å². The average Bonchev–Trinajstić information content (AvgIpc) is 2.66. The van der Waals surface area contributed by atoms with Crippen molar-refractivity contribution in [2.45, 2.75) is 6.42 Å². The van der Waals surface area contributed by atoms with E-state index in [1.807, 2.05) is 0 Å². The van der Waals surface area contributed by atoms with Crippen LogP contribution in [-0.4, -0.2) is 38.6 Å². The van der Waals surface area contributed by atoms with E-state index in [-0.39, 0.29) is 24.9 Å². The summed E-state index contributed by atoms with van der Waals surface area (Å²) >= 11 is 0. The first-order chi connectivity index (χ1) is 12.6. The number of amides is 2. The van der Waals surface area contributed by atoms with Gasteiger partial charge in [0.15, 0.2) is 6.61 Å². The Labute approximate surface area is 151 Å². The van der Waals surface area contributed by atoms with E-state index in [0.717, 1.165) is 5.56 Å². The number of methoxy groups -OCH3 is 1. The predicted molar refractivity (Wildman–Crippen MR) is 94.6 cm³/mol. The third-order valence-electron chi connectivity index (χ3n) is 3.52. The Kier molecular flexibility index (Phi) is 7.42. The maximum atomic E-state index is 12.8. The second-order valence-electron chi connectivity index (χ2n) is 5.47. The molecule has 0 saturated heterocycles. The van der Waals surface area contributed by atoms with Gasteiger partial charge in [-0.05, 0) is 48.4 Å². The van der Waals surface area contributed by atoms with Crippen LogP contribution in [0.4, 0.5) is 4.39 Å². The van der Waals surface area contributed by atoms with Gasteiger partial charge in [0.2, 0.25) is 5.91 Å². The molecular formula is C19H21FN2O4. The van der Waals surface area contributed by atoms with Crippen molar-refractivity contribution in [2.24, 2.45) is 0 Å². The predicted octanol–water partition coefficient (Wildman–Crippen LogP) is 1.69. The highest BCUT2D eigenvalue weighted by atomic mass is 19.1. The molecule has 0 unspecified atom stereocenters. The Balaban J connectivity index is 1.60. The second kappa shape index (κ2) is 10.0. The van der Waals surface area contributed by atoms with Crippen LogP contribution in [0.3, 0.4) is 0 Å². The highest BCUT2D eigenvalue weighted by Crippen LogP contribution is 2.16. The van der Waals surface area contributed by atoms with Crippen molar-refractivity contribution >= 4 is 11.8 Å². The minimum absolute atomic E-state index is 0.131. The van der Waals surface area contributed by atoms with Gasteiger partial charge in [-0.15, -0.1) is 0 Å². The lowest BCUT2D eigenvalue weighted by Gasteiger charge is -2.09. The zero-order valence-corrected chi connectivity index (χ0v) is 14.5. The molecule has 138 valence electrons. The van der Waals surface area contributed by atoms with Crippen LogP contribution < -0.4 is 20.1 Å². The van der Waals surface area contributed by atoms with Crippen LogP contribution in [-0.2, 0) is 16.0 Å². The normalized spacial score (nSPS) is 10.1. The summed E-state index contributed by atoms with van der Waals surface area (Å²) in [6.07, 6.45) is 0.584. The molecular weight excluding hydrogens is 339 g/mol. The van der Waals surface area contributed by atoms with Crippen molar-refractivity contribution in [3.05, 3.63) is 59.9 Å². The van der Waals surface area contributed by atoms with Gasteiger partial charge >= 0.3 is 0 Å². The van der Waals surface area contributed by atoms with Crippen molar-refractivity contribution < 1.29 is 23.5 Å². The van der Waals surface area contributed by atoms with E-state index in [9.17, 15) is 14.0 Å². The molecule has 0 radical (unpaired) electrons. The number of carbonyl (C=O) groups excluding carboxylic acids is 2. The molecule has 0 aliphatic carbocycles. The van der Waals surface area contributed by atoms with Crippen molar-refractivity contribution in [1.82, 2.24) is 10.6 Å². The van der Waals surface area contributed by atoms with Gasteiger partial charge < -0.3 is 20.1 Å². The molecule has 2 rings (SSSR count). The highest BCUT2D eigenvalue weighted by Gasteiger charge is 2.06. The van der Waals surface area contributed by atoms with Crippen molar-refractivity contribution in [2.75, 3.05) is 26.8 Å². The fourth-order valence-electron chi connectivity index (χ4n) is 2.11. The first-order valence-electron chi connectivity index (χ1n) is 8.11. The van der Waals surface area contributed by atoms with Crippen LogP contribution in [0.15, 0.2) is 48.5 Å². The molecule has 2 aromatic carbocycles. The molecule has 0 heterocycles. The molecule has 0 aliphatic heterocycles. The van der Waals surface area contributed by atoms with E-state index in [1.165, 1.54) is 12.1 Å². The van der Waals surface area contributed by atoms with E-state index >= 15 is 0 Å². The summed E-state index contributed by atoms with van der Waals surface area (Å²) in [7, 11) is 1.56. The number of benzene rings is 2. The van der Waals surface area contributed by atoms with Crippen LogP contribution in [0, 0.1) is 5.82 Å². The first kappa shape index (κ1) is 19.2. The van der Waals surface area contributed by atoms with Gasteiger partial charge in [-0.3, -0.25) is 9.59 Å². The third-order valence-corrected chi connectivity index (χ3v) is 3.52. The number of carbonyl (C=O) groups is 2. The fourth-order valence-corrected chi connectivity index (χ4v) is 2.11. The lowest BCUT2D eigenvalue weighted by Crippen LogP contribution is -2.39. The summed E-state index contributed by atoms with van der Waals surface area (Å²) in [6, 6.07) is 12.9. The van der Waals surface area contributed by atoms with E-state index in [1.54, 1.807) is 43.5 Å². The lowest BCUT2D eigenvalue weighted by molar-refractivity contribution is -0.127. The third kappa shape index (κ3) is 6.80. The van der Waals surface area contributed by atoms with Crippen LogP contribution in [0.5, 0.6) is 11.5 Å². The summed E-state index contributed by atoms with van der Waals surface area (Å²) in [5.41, 5.74) is 0.920. The molecule has 0 saturated carbocycles. The summed E-state index contributed by atoms with van der Waals surface area (Å²) < 4.78 is 23.1. The number of hydrogen-bond donors (Lipinski definition) is 2. The van der Waals surface area contributed by atoms with Crippen molar-refractivity contribution in [3.8, 4) is 11.5 Å². The van der Waals surface area contributed by atoms with Gasteiger partial charge in [0, 0.05) is 6.54 Å². The minimum atomic E-state index is -0.394. The molecule has 0 fully saturated rings. The largest absolute Gasteiger partial charge is 0.497 e. The lowest BCUT2D eigenvalue weighted by atomic mass is 10.1. The van der Waals surface area contributed by atoms with Crippen LogP contribution >= 0.6 is 0 Å². The van der Waals surface area contributed by atoms with E-state index < -0.39 is 5.91 Å². The van der Waals surface area contributed by atoms with Gasteiger partial charge in [-0.2, -0.15) is 0 Å². The minimum Gasteiger partial charge on any atom is -0.497 e. The summed E-state index contributed by atoms with van der Waals surface area (Å²) in [5.74, 6) is 0.237. The first-order valence-corrected chi connectivity index (χ1v) is 8.11.